The number of para-hydroxylation sites is 1. The zero-order chi connectivity index (χ0) is 16.5. The highest BCUT2D eigenvalue weighted by Gasteiger charge is 2.17. The van der Waals surface area contributed by atoms with Crippen LogP contribution in [0.1, 0.15) is 5.56 Å². The molecule has 2 heterocycles. The van der Waals surface area contributed by atoms with Crippen LogP contribution in [0.2, 0.25) is 0 Å². The number of anilines is 2. The lowest BCUT2D eigenvalue weighted by Gasteiger charge is -2.09. The van der Waals surface area contributed by atoms with Crippen LogP contribution < -0.4 is 5.32 Å². The van der Waals surface area contributed by atoms with Crippen molar-refractivity contribution < 1.29 is 8.91 Å². The average molecular weight is 320 g/mol. The van der Waals surface area contributed by atoms with Crippen LogP contribution >= 0.6 is 0 Å². The lowest BCUT2D eigenvalue weighted by molar-refractivity contribution is 0.451. The SMILES string of the molecule is Cc1ccccc1Nc1ncnc2onc(-c3ccc(F)cc3)c12. The zero-order valence-electron chi connectivity index (χ0n) is 12.8. The Morgan fingerprint density at radius 2 is 1.79 bits per heavy atom. The highest BCUT2D eigenvalue weighted by molar-refractivity contribution is 5.98. The van der Waals surface area contributed by atoms with E-state index in [0.717, 1.165) is 16.8 Å². The number of benzene rings is 2. The topological polar surface area (TPSA) is 63.8 Å². The minimum atomic E-state index is -0.305. The Labute approximate surface area is 137 Å². The van der Waals surface area contributed by atoms with Gasteiger partial charge in [0, 0.05) is 11.3 Å². The number of aromatic nitrogens is 3. The van der Waals surface area contributed by atoms with E-state index >= 15 is 0 Å². The summed E-state index contributed by atoms with van der Waals surface area (Å²) in [7, 11) is 0. The molecule has 0 bridgehead atoms. The minimum Gasteiger partial charge on any atom is -0.339 e. The second-order valence-corrected chi connectivity index (χ2v) is 5.38. The van der Waals surface area contributed by atoms with Crippen molar-refractivity contribution in [1.82, 2.24) is 15.1 Å². The van der Waals surface area contributed by atoms with E-state index in [-0.39, 0.29) is 5.82 Å². The molecule has 0 radical (unpaired) electrons. The molecule has 2 aromatic heterocycles. The molecule has 6 heteroatoms. The van der Waals surface area contributed by atoms with E-state index in [1.54, 1.807) is 12.1 Å². The number of hydrogen-bond acceptors (Lipinski definition) is 5. The quantitative estimate of drug-likeness (QED) is 0.603. The molecular weight excluding hydrogens is 307 g/mol. The number of hydrogen-bond donors (Lipinski definition) is 1. The summed E-state index contributed by atoms with van der Waals surface area (Å²) in [6.07, 6.45) is 1.42. The Morgan fingerprint density at radius 1 is 1.00 bits per heavy atom. The fourth-order valence-electron chi connectivity index (χ4n) is 2.53. The van der Waals surface area contributed by atoms with E-state index in [2.05, 4.69) is 20.4 Å². The maximum atomic E-state index is 13.2. The summed E-state index contributed by atoms with van der Waals surface area (Å²) in [5, 5.41) is 8.04. The molecular formula is C18H13FN4O. The summed E-state index contributed by atoms with van der Waals surface area (Å²) in [5.41, 5.74) is 3.70. The Hall–Kier alpha value is -3.28. The molecule has 2 aromatic carbocycles. The second-order valence-electron chi connectivity index (χ2n) is 5.38. The summed E-state index contributed by atoms with van der Waals surface area (Å²) in [4.78, 5) is 8.44. The standard InChI is InChI=1S/C18H13FN4O/c1-11-4-2-3-5-14(11)22-17-15-16(12-6-8-13(19)9-7-12)23-24-18(15)21-10-20-17/h2-10H,1H3,(H,20,21,22). The molecule has 0 fully saturated rings. The van der Waals surface area contributed by atoms with Crippen molar-refractivity contribution in [2.75, 3.05) is 5.32 Å². The lowest BCUT2D eigenvalue weighted by Crippen LogP contribution is -1.97. The zero-order valence-corrected chi connectivity index (χ0v) is 12.8. The predicted molar refractivity (Wildman–Crippen MR) is 89.5 cm³/mol. The Morgan fingerprint density at radius 3 is 2.58 bits per heavy atom. The van der Waals surface area contributed by atoms with Gasteiger partial charge >= 0.3 is 0 Å². The van der Waals surface area contributed by atoms with E-state index in [1.807, 2.05) is 31.2 Å². The first-order valence-corrected chi connectivity index (χ1v) is 7.41. The van der Waals surface area contributed by atoms with E-state index in [4.69, 9.17) is 4.52 Å². The third-order valence-electron chi connectivity index (χ3n) is 3.79. The van der Waals surface area contributed by atoms with Crippen LogP contribution in [0, 0.1) is 12.7 Å². The first-order chi connectivity index (χ1) is 11.7. The number of nitrogens with one attached hydrogen (secondary N) is 1. The number of rotatable bonds is 3. The van der Waals surface area contributed by atoms with Crippen LogP contribution in [0.4, 0.5) is 15.9 Å². The molecule has 0 amide bonds. The van der Waals surface area contributed by atoms with Gasteiger partial charge in [-0.2, -0.15) is 4.98 Å². The van der Waals surface area contributed by atoms with Crippen molar-refractivity contribution in [1.29, 1.82) is 0 Å². The van der Waals surface area contributed by atoms with E-state index in [9.17, 15) is 4.39 Å². The van der Waals surface area contributed by atoms with Gasteiger partial charge in [0.05, 0.1) is 0 Å². The van der Waals surface area contributed by atoms with Gasteiger partial charge in [-0.3, -0.25) is 0 Å². The first kappa shape index (κ1) is 14.3. The van der Waals surface area contributed by atoms with Gasteiger partial charge in [-0.25, -0.2) is 9.37 Å². The fourth-order valence-corrected chi connectivity index (χ4v) is 2.53. The van der Waals surface area contributed by atoms with Crippen LogP contribution in [-0.4, -0.2) is 15.1 Å². The van der Waals surface area contributed by atoms with Gasteiger partial charge in [-0.1, -0.05) is 23.4 Å². The maximum absolute atomic E-state index is 13.2. The highest BCUT2D eigenvalue weighted by Crippen LogP contribution is 2.33. The van der Waals surface area contributed by atoms with Gasteiger partial charge in [0.2, 0.25) is 0 Å². The molecule has 5 nitrogen and oxygen atoms in total. The van der Waals surface area contributed by atoms with Crippen LogP contribution in [0.3, 0.4) is 0 Å². The van der Waals surface area contributed by atoms with Gasteiger partial charge in [0.1, 0.15) is 29.0 Å². The van der Waals surface area contributed by atoms with Gasteiger partial charge in [0.25, 0.3) is 5.71 Å². The lowest BCUT2D eigenvalue weighted by atomic mass is 10.1. The number of nitrogens with zero attached hydrogens (tertiary/aromatic N) is 3. The summed E-state index contributed by atoms with van der Waals surface area (Å²) >= 11 is 0. The Kier molecular flexibility index (Phi) is 3.42. The number of aryl methyl sites for hydroxylation is 1. The van der Waals surface area contributed by atoms with Gasteiger partial charge < -0.3 is 9.84 Å². The van der Waals surface area contributed by atoms with Gasteiger partial charge in [-0.05, 0) is 42.8 Å². The molecule has 4 rings (SSSR count). The summed E-state index contributed by atoms with van der Waals surface area (Å²) < 4.78 is 18.5. The molecule has 0 aliphatic heterocycles. The van der Waals surface area contributed by atoms with Crippen molar-refractivity contribution in [2.24, 2.45) is 0 Å². The van der Waals surface area contributed by atoms with Crippen molar-refractivity contribution in [3.63, 3.8) is 0 Å². The fraction of sp³-hybridized carbons (Fsp3) is 0.0556. The van der Waals surface area contributed by atoms with Crippen molar-refractivity contribution in [3.8, 4) is 11.3 Å². The van der Waals surface area contributed by atoms with Gasteiger partial charge in [-0.15, -0.1) is 0 Å². The predicted octanol–water partition coefficient (Wildman–Crippen LogP) is 4.48. The van der Waals surface area contributed by atoms with E-state index in [0.29, 0.717) is 22.6 Å². The van der Waals surface area contributed by atoms with Crippen LogP contribution in [0.5, 0.6) is 0 Å². The summed E-state index contributed by atoms with van der Waals surface area (Å²) in [6, 6.07) is 14.0. The molecule has 0 aliphatic rings. The molecule has 0 saturated carbocycles. The molecule has 118 valence electrons. The van der Waals surface area contributed by atoms with Crippen molar-refractivity contribution in [3.05, 3.63) is 66.2 Å². The molecule has 0 atom stereocenters. The van der Waals surface area contributed by atoms with E-state index in [1.165, 1.54) is 18.5 Å². The summed E-state index contributed by atoms with van der Waals surface area (Å²) in [5.74, 6) is 0.288. The molecule has 24 heavy (non-hydrogen) atoms. The first-order valence-electron chi connectivity index (χ1n) is 7.41. The number of halogens is 1. The summed E-state index contributed by atoms with van der Waals surface area (Å²) in [6.45, 7) is 2.01. The highest BCUT2D eigenvalue weighted by atomic mass is 19.1. The average Bonchev–Trinajstić information content (AvgIpc) is 3.03. The number of fused-ring (bicyclic) bond motifs is 1. The largest absolute Gasteiger partial charge is 0.339 e. The normalized spacial score (nSPS) is 10.9. The van der Waals surface area contributed by atoms with Crippen molar-refractivity contribution in [2.45, 2.75) is 6.92 Å². The minimum absolute atomic E-state index is 0.305. The Bertz CT molecular complexity index is 1010. The third kappa shape index (κ3) is 2.48. The molecule has 0 spiro atoms. The third-order valence-corrected chi connectivity index (χ3v) is 3.79. The van der Waals surface area contributed by atoms with Crippen LogP contribution in [0.15, 0.2) is 59.4 Å². The molecule has 1 N–H and O–H groups in total. The van der Waals surface area contributed by atoms with E-state index < -0.39 is 0 Å². The van der Waals surface area contributed by atoms with Crippen LogP contribution in [0.25, 0.3) is 22.4 Å². The second kappa shape index (κ2) is 5.73. The molecule has 4 aromatic rings. The monoisotopic (exact) mass is 320 g/mol. The molecule has 0 aliphatic carbocycles. The van der Waals surface area contributed by atoms with Crippen molar-refractivity contribution >= 4 is 22.6 Å². The Balaban J connectivity index is 1.86. The smallest absolute Gasteiger partial charge is 0.263 e. The van der Waals surface area contributed by atoms with Crippen LogP contribution in [-0.2, 0) is 0 Å². The molecule has 0 unspecified atom stereocenters. The maximum Gasteiger partial charge on any atom is 0.263 e. The van der Waals surface area contributed by atoms with Gasteiger partial charge in [0.15, 0.2) is 0 Å². The molecule has 0 saturated heterocycles.